The van der Waals surface area contributed by atoms with Crippen molar-refractivity contribution in [1.29, 1.82) is 0 Å². The van der Waals surface area contributed by atoms with Gasteiger partial charge in [0, 0.05) is 43.7 Å². The van der Waals surface area contributed by atoms with Gasteiger partial charge in [0.25, 0.3) is 0 Å². The maximum absolute atomic E-state index is 12.6. The van der Waals surface area contributed by atoms with Crippen molar-refractivity contribution in [2.75, 3.05) is 6.54 Å². The number of nitrogens with one attached hydrogen (secondary N) is 1. The Morgan fingerprint density at radius 3 is 2.89 bits per heavy atom. The van der Waals surface area contributed by atoms with E-state index in [0.29, 0.717) is 31.8 Å². The molecule has 8 nitrogen and oxygen atoms in total. The molecule has 4 rings (SSSR count). The second kappa shape index (κ2) is 8.98. The van der Waals surface area contributed by atoms with E-state index in [9.17, 15) is 4.79 Å². The van der Waals surface area contributed by atoms with Crippen molar-refractivity contribution in [3.63, 3.8) is 0 Å². The average molecular weight is 411 g/mol. The lowest BCUT2D eigenvalue weighted by molar-refractivity contribution is -0.133. The number of carbonyl (C=O) groups excluding carboxylic acids is 1. The van der Waals surface area contributed by atoms with Gasteiger partial charge >= 0.3 is 0 Å². The first kappa shape index (κ1) is 20.9. The number of aromatic amines is 1. The highest BCUT2D eigenvalue weighted by Gasteiger charge is 2.28. The molecule has 1 amide bonds. The molecule has 1 aliphatic rings. The van der Waals surface area contributed by atoms with Gasteiger partial charge in [0.15, 0.2) is 0 Å². The molecular weight excluding hydrogens is 391 g/mol. The number of nitrogens with two attached hydrogens (primary N) is 1. The Balaban J connectivity index is 0.00000131. The van der Waals surface area contributed by atoms with Crippen LogP contribution < -0.4 is 5.73 Å². The number of nitrogens with zero attached hydrogens (tertiary/aromatic N) is 4. The molecule has 3 aromatic rings. The monoisotopic (exact) mass is 410 g/mol. The highest BCUT2D eigenvalue weighted by atomic mass is 35.5. The smallest absolute Gasteiger partial charge is 0.240 e. The summed E-state index contributed by atoms with van der Waals surface area (Å²) in [4.78, 5) is 29.9. The van der Waals surface area contributed by atoms with E-state index in [0.717, 1.165) is 22.7 Å². The van der Waals surface area contributed by atoms with E-state index >= 15 is 0 Å². The van der Waals surface area contributed by atoms with E-state index in [4.69, 9.17) is 10.2 Å². The minimum Gasteiger partial charge on any atom is -0.441 e. The molecule has 0 fully saturated rings. The zero-order valence-electron chi connectivity index (χ0n) is 14.4. The van der Waals surface area contributed by atoms with Crippen LogP contribution in [0.5, 0.6) is 0 Å². The first-order valence-corrected chi connectivity index (χ1v) is 8.11. The summed E-state index contributed by atoms with van der Waals surface area (Å²) >= 11 is 0. The van der Waals surface area contributed by atoms with Crippen LogP contribution in [-0.2, 0) is 24.2 Å². The fraction of sp³-hybridized carbons (Fsp3) is 0.294. The van der Waals surface area contributed by atoms with Gasteiger partial charge in [-0.15, -0.1) is 24.8 Å². The third-order valence-electron chi connectivity index (χ3n) is 4.26. The number of carbonyl (C=O) groups is 1. The molecule has 0 spiro atoms. The largest absolute Gasteiger partial charge is 0.441 e. The van der Waals surface area contributed by atoms with Crippen LogP contribution in [-0.4, -0.2) is 43.3 Å². The zero-order valence-corrected chi connectivity index (χ0v) is 16.0. The molecule has 0 saturated heterocycles. The van der Waals surface area contributed by atoms with Crippen molar-refractivity contribution < 1.29 is 9.21 Å². The molecule has 27 heavy (non-hydrogen) atoms. The fourth-order valence-electron chi connectivity index (χ4n) is 2.95. The minimum atomic E-state index is -0.605. The number of oxazole rings is 1. The Hall–Kier alpha value is -2.42. The SMILES string of the molecule is Cl.Cl.N[C@@H](Cc1cnc[nH]1)C(=O)N1CCc2oc(-c3cccnc3)nc2C1. The number of fused-ring (bicyclic) bond motifs is 1. The normalized spacial score (nSPS) is 13.9. The third kappa shape index (κ3) is 4.47. The maximum Gasteiger partial charge on any atom is 0.240 e. The number of aromatic nitrogens is 4. The lowest BCUT2D eigenvalue weighted by Gasteiger charge is -2.27. The quantitative estimate of drug-likeness (QED) is 0.676. The Labute approximate surface area is 168 Å². The van der Waals surface area contributed by atoms with Gasteiger partial charge in [0.1, 0.15) is 11.5 Å². The van der Waals surface area contributed by atoms with Crippen LogP contribution in [0, 0.1) is 0 Å². The molecule has 0 radical (unpaired) electrons. The molecule has 0 saturated carbocycles. The Bertz CT molecular complexity index is 869. The summed E-state index contributed by atoms with van der Waals surface area (Å²) in [6.07, 6.45) is 7.73. The van der Waals surface area contributed by atoms with Crippen LogP contribution in [0.15, 0.2) is 41.5 Å². The molecule has 1 atom stereocenters. The van der Waals surface area contributed by atoms with E-state index in [2.05, 4.69) is 19.9 Å². The highest BCUT2D eigenvalue weighted by molar-refractivity contribution is 5.85. The molecule has 0 unspecified atom stereocenters. The van der Waals surface area contributed by atoms with Gasteiger partial charge in [-0.05, 0) is 12.1 Å². The number of H-pyrrole nitrogens is 1. The van der Waals surface area contributed by atoms with Gasteiger partial charge in [0.2, 0.25) is 11.8 Å². The maximum atomic E-state index is 12.6. The van der Waals surface area contributed by atoms with Crippen molar-refractivity contribution in [2.24, 2.45) is 5.73 Å². The summed E-state index contributed by atoms with van der Waals surface area (Å²) in [5, 5.41) is 0. The number of hydrogen-bond acceptors (Lipinski definition) is 6. The Morgan fingerprint density at radius 2 is 2.19 bits per heavy atom. The van der Waals surface area contributed by atoms with Crippen LogP contribution >= 0.6 is 24.8 Å². The van der Waals surface area contributed by atoms with E-state index in [1.807, 2.05) is 12.1 Å². The minimum absolute atomic E-state index is 0. The fourth-order valence-corrected chi connectivity index (χ4v) is 2.95. The van der Waals surface area contributed by atoms with Crippen molar-refractivity contribution >= 4 is 30.7 Å². The number of pyridine rings is 1. The van der Waals surface area contributed by atoms with E-state index in [1.54, 1.807) is 29.8 Å². The van der Waals surface area contributed by atoms with E-state index in [1.165, 1.54) is 0 Å². The summed E-state index contributed by atoms with van der Waals surface area (Å²) in [6, 6.07) is 3.13. The van der Waals surface area contributed by atoms with Crippen LogP contribution in [0.2, 0.25) is 0 Å². The van der Waals surface area contributed by atoms with Gasteiger partial charge in [0.05, 0.1) is 24.5 Å². The summed E-state index contributed by atoms with van der Waals surface area (Å²) < 4.78 is 5.83. The predicted octanol–water partition coefficient (Wildman–Crippen LogP) is 1.76. The molecule has 0 bridgehead atoms. The predicted molar refractivity (Wildman–Crippen MR) is 104 cm³/mol. The van der Waals surface area contributed by atoms with E-state index in [-0.39, 0.29) is 30.7 Å². The number of imidazole rings is 1. The molecule has 4 heterocycles. The number of amides is 1. The average Bonchev–Trinajstić information content (AvgIpc) is 3.30. The third-order valence-corrected chi connectivity index (χ3v) is 4.26. The summed E-state index contributed by atoms with van der Waals surface area (Å²) in [6.45, 7) is 0.985. The van der Waals surface area contributed by atoms with Gasteiger partial charge < -0.3 is 20.0 Å². The molecule has 0 aliphatic carbocycles. The Morgan fingerprint density at radius 1 is 1.33 bits per heavy atom. The van der Waals surface area contributed by atoms with E-state index < -0.39 is 6.04 Å². The van der Waals surface area contributed by atoms with Crippen LogP contribution in [0.1, 0.15) is 17.1 Å². The molecule has 0 aromatic carbocycles. The van der Waals surface area contributed by atoms with Crippen molar-refractivity contribution in [3.8, 4) is 11.5 Å². The first-order valence-electron chi connectivity index (χ1n) is 8.11. The molecular formula is C17H20Cl2N6O2. The summed E-state index contributed by atoms with van der Waals surface area (Å²) in [5.74, 6) is 1.27. The van der Waals surface area contributed by atoms with Crippen LogP contribution in [0.3, 0.4) is 0 Å². The zero-order chi connectivity index (χ0) is 17.2. The van der Waals surface area contributed by atoms with Gasteiger partial charge in [-0.2, -0.15) is 0 Å². The molecule has 3 N–H and O–H groups in total. The molecule has 1 aliphatic heterocycles. The summed E-state index contributed by atoms with van der Waals surface area (Å²) in [5.41, 5.74) is 8.52. The first-order chi connectivity index (χ1) is 12.2. The lowest BCUT2D eigenvalue weighted by atomic mass is 10.1. The second-order valence-corrected chi connectivity index (χ2v) is 6.03. The highest BCUT2D eigenvalue weighted by Crippen LogP contribution is 2.26. The molecule has 144 valence electrons. The van der Waals surface area contributed by atoms with Crippen molar-refractivity contribution in [2.45, 2.75) is 25.4 Å². The van der Waals surface area contributed by atoms with Gasteiger partial charge in [-0.25, -0.2) is 9.97 Å². The number of hydrogen-bond donors (Lipinski definition) is 2. The van der Waals surface area contributed by atoms with Crippen LogP contribution in [0.25, 0.3) is 11.5 Å². The summed E-state index contributed by atoms with van der Waals surface area (Å²) in [7, 11) is 0. The van der Waals surface area contributed by atoms with Crippen LogP contribution in [0.4, 0.5) is 0 Å². The molecule has 3 aromatic heterocycles. The standard InChI is InChI=1S/C17H18N6O2.2ClH/c18-13(6-12-8-20-10-21-12)17(24)23-5-3-15-14(9-23)22-16(25-15)11-2-1-4-19-7-11;;/h1-2,4,7-8,10,13H,3,5-6,9,18H2,(H,20,21);2*1H/t13-;;/m0../s1. The van der Waals surface area contributed by atoms with Gasteiger partial charge in [-0.3, -0.25) is 9.78 Å². The number of rotatable bonds is 4. The number of halogens is 2. The van der Waals surface area contributed by atoms with Gasteiger partial charge in [-0.1, -0.05) is 0 Å². The lowest BCUT2D eigenvalue weighted by Crippen LogP contribution is -2.46. The van der Waals surface area contributed by atoms with Crippen molar-refractivity contribution in [1.82, 2.24) is 24.8 Å². The Kier molecular flexibility index (Phi) is 6.95. The van der Waals surface area contributed by atoms with Crippen molar-refractivity contribution in [3.05, 3.63) is 54.2 Å². The topological polar surface area (TPSA) is 114 Å². The second-order valence-electron chi connectivity index (χ2n) is 6.03. The molecule has 10 heteroatoms.